The normalized spacial score (nSPS) is 16.5. The monoisotopic (exact) mass is 314 g/mol. The summed E-state index contributed by atoms with van der Waals surface area (Å²) >= 11 is 0. The molecule has 2 heterocycles. The maximum atomic E-state index is 11.9. The minimum atomic E-state index is -0.153. The van der Waals surface area contributed by atoms with Crippen LogP contribution in [0.1, 0.15) is 25.5 Å². The molecule has 0 bridgehead atoms. The van der Waals surface area contributed by atoms with E-state index in [1.54, 1.807) is 0 Å². The zero-order chi connectivity index (χ0) is 16.2. The van der Waals surface area contributed by atoms with Gasteiger partial charge >= 0.3 is 0 Å². The van der Waals surface area contributed by atoms with Gasteiger partial charge in [0.1, 0.15) is 0 Å². The van der Waals surface area contributed by atoms with Gasteiger partial charge in [0.15, 0.2) is 0 Å². The lowest BCUT2D eigenvalue weighted by Gasteiger charge is -2.21. The van der Waals surface area contributed by atoms with Crippen LogP contribution >= 0.6 is 0 Å². The molecule has 1 aromatic heterocycles. The summed E-state index contributed by atoms with van der Waals surface area (Å²) < 4.78 is 0. The van der Waals surface area contributed by atoms with Crippen LogP contribution < -0.4 is 5.56 Å². The fourth-order valence-corrected chi connectivity index (χ4v) is 3.11. The van der Waals surface area contributed by atoms with Gasteiger partial charge in [-0.1, -0.05) is 25.1 Å². The quantitative estimate of drug-likeness (QED) is 0.929. The van der Waals surface area contributed by atoms with Crippen molar-refractivity contribution >= 4 is 16.7 Å². The molecule has 1 aromatic carbocycles. The van der Waals surface area contributed by atoms with Gasteiger partial charge < -0.3 is 4.90 Å². The minimum Gasteiger partial charge on any atom is -0.341 e. The molecule has 1 fully saturated rings. The highest BCUT2D eigenvalue weighted by Gasteiger charge is 2.19. The second-order valence-corrected chi connectivity index (χ2v) is 5.91. The average Bonchev–Trinajstić information content (AvgIpc) is 2.82. The van der Waals surface area contributed by atoms with Gasteiger partial charge in [0.05, 0.1) is 11.1 Å². The number of aromatic amines is 1. The van der Waals surface area contributed by atoms with Gasteiger partial charge in [0.25, 0.3) is 5.56 Å². The van der Waals surface area contributed by atoms with Crippen LogP contribution in [-0.2, 0) is 11.3 Å². The van der Waals surface area contributed by atoms with Crippen molar-refractivity contribution in [3.8, 4) is 0 Å². The molecule has 0 spiro atoms. The maximum Gasteiger partial charge on any atom is 0.272 e. The van der Waals surface area contributed by atoms with E-state index in [0.717, 1.165) is 43.7 Å². The van der Waals surface area contributed by atoms with E-state index in [2.05, 4.69) is 15.1 Å². The summed E-state index contributed by atoms with van der Waals surface area (Å²) in [4.78, 5) is 28.0. The number of benzene rings is 1. The first-order valence-corrected chi connectivity index (χ1v) is 8.15. The third-order valence-corrected chi connectivity index (χ3v) is 4.39. The molecule has 6 nitrogen and oxygen atoms in total. The van der Waals surface area contributed by atoms with Crippen LogP contribution in [-0.4, -0.2) is 52.1 Å². The number of H-pyrrole nitrogens is 1. The van der Waals surface area contributed by atoms with Crippen molar-refractivity contribution in [2.24, 2.45) is 0 Å². The van der Waals surface area contributed by atoms with Crippen LogP contribution in [0.25, 0.3) is 10.8 Å². The fourth-order valence-electron chi connectivity index (χ4n) is 3.11. The number of nitrogens with zero attached hydrogens (tertiary/aromatic N) is 3. The van der Waals surface area contributed by atoms with Crippen LogP contribution in [0.5, 0.6) is 0 Å². The van der Waals surface area contributed by atoms with E-state index in [-0.39, 0.29) is 11.5 Å². The van der Waals surface area contributed by atoms with Crippen LogP contribution in [0.15, 0.2) is 29.1 Å². The van der Waals surface area contributed by atoms with E-state index < -0.39 is 0 Å². The standard InChI is InChI=1S/C17H22N4O2/c1-2-16(22)21-9-5-8-20(10-11-21)12-15-13-6-3-4-7-14(13)17(23)19-18-15/h3-4,6-7H,2,5,8-12H2,1H3,(H,19,23). The highest BCUT2D eigenvalue weighted by Crippen LogP contribution is 2.15. The average molecular weight is 314 g/mol. The predicted molar refractivity (Wildman–Crippen MR) is 89.1 cm³/mol. The summed E-state index contributed by atoms with van der Waals surface area (Å²) in [5, 5.41) is 8.41. The van der Waals surface area contributed by atoms with E-state index in [1.165, 1.54) is 0 Å². The fraction of sp³-hybridized carbons (Fsp3) is 0.471. The first-order chi connectivity index (χ1) is 11.2. The zero-order valence-electron chi connectivity index (χ0n) is 13.4. The molecule has 0 unspecified atom stereocenters. The van der Waals surface area contributed by atoms with Gasteiger partial charge in [-0.2, -0.15) is 5.10 Å². The molecule has 0 aliphatic carbocycles. The molecule has 0 atom stereocenters. The van der Waals surface area contributed by atoms with Gasteiger partial charge in [-0.25, -0.2) is 5.10 Å². The number of hydrogen-bond acceptors (Lipinski definition) is 4. The van der Waals surface area contributed by atoms with E-state index in [9.17, 15) is 9.59 Å². The number of aromatic nitrogens is 2. The second kappa shape index (κ2) is 6.91. The molecule has 1 amide bonds. The summed E-state index contributed by atoms with van der Waals surface area (Å²) in [6.07, 6.45) is 1.53. The number of rotatable bonds is 3. The Labute approximate surface area is 135 Å². The number of carbonyl (C=O) groups is 1. The van der Waals surface area contributed by atoms with Crippen LogP contribution in [0.2, 0.25) is 0 Å². The Bertz CT molecular complexity index is 756. The number of nitrogens with one attached hydrogen (secondary N) is 1. The molecule has 2 aromatic rings. The molecular formula is C17H22N4O2. The van der Waals surface area contributed by atoms with Crippen molar-refractivity contribution in [3.05, 3.63) is 40.3 Å². The molecule has 1 N–H and O–H groups in total. The summed E-state index contributed by atoms with van der Waals surface area (Å²) in [7, 11) is 0. The summed E-state index contributed by atoms with van der Waals surface area (Å²) in [5.41, 5.74) is 0.732. The van der Waals surface area contributed by atoms with Crippen molar-refractivity contribution in [2.45, 2.75) is 26.3 Å². The molecule has 3 rings (SSSR count). The third-order valence-electron chi connectivity index (χ3n) is 4.39. The van der Waals surface area contributed by atoms with Gasteiger partial charge in [-0.3, -0.25) is 14.5 Å². The molecule has 6 heteroatoms. The van der Waals surface area contributed by atoms with Crippen molar-refractivity contribution in [1.29, 1.82) is 0 Å². The third kappa shape index (κ3) is 3.42. The van der Waals surface area contributed by atoms with Gasteiger partial charge in [0.2, 0.25) is 5.91 Å². The van der Waals surface area contributed by atoms with Crippen LogP contribution in [0.4, 0.5) is 0 Å². The maximum absolute atomic E-state index is 11.9. The Hall–Kier alpha value is -2.21. The Kier molecular flexibility index (Phi) is 4.71. The van der Waals surface area contributed by atoms with E-state index in [4.69, 9.17) is 0 Å². The van der Waals surface area contributed by atoms with Crippen molar-refractivity contribution in [3.63, 3.8) is 0 Å². The lowest BCUT2D eigenvalue weighted by Crippen LogP contribution is -2.34. The van der Waals surface area contributed by atoms with Crippen molar-refractivity contribution < 1.29 is 4.79 Å². The molecule has 1 saturated heterocycles. The van der Waals surface area contributed by atoms with E-state index in [0.29, 0.717) is 18.4 Å². The summed E-state index contributed by atoms with van der Waals surface area (Å²) in [6, 6.07) is 7.56. The first-order valence-electron chi connectivity index (χ1n) is 8.15. The number of hydrogen-bond donors (Lipinski definition) is 1. The highest BCUT2D eigenvalue weighted by atomic mass is 16.2. The Balaban J connectivity index is 1.76. The molecule has 0 saturated carbocycles. The second-order valence-electron chi connectivity index (χ2n) is 5.91. The van der Waals surface area contributed by atoms with E-state index >= 15 is 0 Å². The van der Waals surface area contributed by atoms with Crippen LogP contribution in [0.3, 0.4) is 0 Å². The smallest absolute Gasteiger partial charge is 0.272 e. The Morgan fingerprint density at radius 2 is 1.96 bits per heavy atom. The molecule has 23 heavy (non-hydrogen) atoms. The van der Waals surface area contributed by atoms with Gasteiger partial charge in [-0.05, 0) is 12.5 Å². The molecule has 0 radical (unpaired) electrons. The van der Waals surface area contributed by atoms with Gasteiger partial charge in [0, 0.05) is 44.5 Å². The lowest BCUT2D eigenvalue weighted by atomic mass is 10.1. The number of fused-ring (bicyclic) bond motifs is 1. The molecular weight excluding hydrogens is 292 g/mol. The number of amides is 1. The van der Waals surface area contributed by atoms with Gasteiger partial charge in [-0.15, -0.1) is 0 Å². The lowest BCUT2D eigenvalue weighted by molar-refractivity contribution is -0.130. The summed E-state index contributed by atoms with van der Waals surface area (Å²) in [5.74, 6) is 0.222. The number of carbonyl (C=O) groups excluding carboxylic acids is 1. The zero-order valence-corrected chi connectivity index (χ0v) is 13.4. The Morgan fingerprint density at radius 3 is 2.74 bits per heavy atom. The van der Waals surface area contributed by atoms with Crippen molar-refractivity contribution in [2.75, 3.05) is 26.2 Å². The SMILES string of the molecule is CCC(=O)N1CCCN(Cc2n[nH]c(=O)c3ccccc23)CC1. The summed E-state index contributed by atoms with van der Waals surface area (Å²) in [6.45, 7) is 5.94. The Morgan fingerprint density at radius 1 is 1.17 bits per heavy atom. The van der Waals surface area contributed by atoms with E-state index in [1.807, 2.05) is 36.1 Å². The minimum absolute atomic E-state index is 0.153. The first kappa shape index (κ1) is 15.7. The molecule has 1 aliphatic rings. The topological polar surface area (TPSA) is 69.3 Å². The highest BCUT2D eigenvalue weighted by molar-refractivity contribution is 5.83. The largest absolute Gasteiger partial charge is 0.341 e. The van der Waals surface area contributed by atoms with Crippen LogP contribution in [0, 0.1) is 0 Å². The van der Waals surface area contributed by atoms with Crippen molar-refractivity contribution in [1.82, 2.24) is 20.0 Å². The molecule has 122 valence electrons. The molecule has 1 aliphatic heterocycles. The predicted octanol–water partition coefficient (Wildman–Crippen LogP) is 1.37.